The number of hydrogen-bond donors (Lipinski definition) is 0. The van der Waals surface area contributed by atoms with Gasteiger partial charge in [-0.2, -0.15) is 0 Å². The summed E-state index contributed by atoms with van der Waals surface area (Å²) < 4.78 is 33.8. The Morgan fingerprint density at radius 1 is 1.40 bits per heavy atom. The molecule has 0 saturated carbocycles. The molecule has 1 aromatic carbocycles. The van der Waals surface area contributed by atoms with Gasteiger partial charge in [-0.25, -0.2) is 8.78 Å². The number of methoxy groups -OCH3 is 1. The molecule has 1 aromatic rings. The molecule has 0 aliphatic carbocycles. The van der Waals surface area contributed by atoms with E-state index in [0.717, 1.165) is 5.56 Å². The van der Waals surface area contributed by atoms with Gasteiger partial charge in [0.15, 0.2) is 0 Å². The van der Waals surface area contributed by atoms with Crippen molar-refractivity contribution in [2.45, 2.75) is 11.8 Å². The molecule has 0 bridgehead atoms. The first-order valence-electron chi connectivity index (χ1n) is 4.31. The third-order valence-electron chi connectivity index (χ3n) is 1.78. The summed E-state index contributed by atoms with van der Waals surface area (Å²) in [6.45, 7) is -0.591. The molecule has 2 nitrogen and oxygen atoms in total. The summed E-state index contributed by atoms with van der Waals surface area (Å²) in [5, 5.41) is 0.531. The normalized spacial score (nSPS) is 10.5. The number of rotatable bonds is 5. The fourth-order valence-corrected chi connectivity index (χ4v) is 1.52. The first-order valence-corrected chi connectivity index (χ1v) is 5.43. The van der Waals surface area contributed by atoms with Crippen LogP contribution in [-0.2, 0) is 5.33 Å². The maximum absolute atomic E-state index is 11.9. The predicted molar refractivity (Wildman–Crippen MR) is 57.1 cm³/mol. The van der Waals surface area contributed by atoms with Crippen LogP contribution in [0.1, 0.15) is 5.56 Å². The molecule has 0 aromatic heterocycles. The topological polar surface area (TPSA) is 18.5 Å². The van der Waals surface area contributed by atoms with Crippen LogP contribution in [0.3, 0.4) is 0 Å². The average molecular weight is 281 g/mol. The van der Waals surface area contributed by atoms with Crippen LogP contribution in [0.4, 0.5) is 8.78 Å². The number of hydrogen-bond acceptors (Lipinski definition) is 2. The molecular formula is C10H11BrF2O2. The highest BCUT2D eigenvalue weighted by molar-refractivity contribution is 9.08. The molecule has 1 rings (SSSR count). The maximum Gasteiger partial charge on any atom is 0.272 e. The van der Waals surface area contributed by atoms with Crippen molar-refractivity contribution in [1.82, 2.24) is 0 Å². The Balaban J connectivity index is 2.78. The summed E-state index contributed by atoms with van der Waals surface area (Å²) >= 11 is 3.26. The molecule has 0 fully saturated rings. The second kappa shape index (κ2) is 5.90. The van der Waals surface area contributed by atoms with Crippen molar-refractivity contribution in [2.75, 3.05) is 13.7 Å². The summed E-state index contributed by atoms with van der Waals surface area (Å²) in [6, 6.07) is 5.04. The van der Waals surface area contributed by atoms with E-state index in [9.17, 15) is 8.78 Å². The minimum absolute atomic E-state index is 0.452. The van der Waals surface area contributed by atoms with Crippen molar-refractivity contribution in [3.05, 3.63) is 23.8 Å². The molecule has 15 heavy (non-hydrogen) atoms. The van der Waals surface area contributed by atoms with Gasteiger partial charge in [-0.1, -0.05) is 15.9 Å². The third kappa shape index (κ3) is 3.66. The lowest BCUT2D eigenvalue weighted by Crippen LogP contribution is -2.08. The lowest BCUT2D eigenvalue weighted by molar-refractivity contribution is 0.0815. The maximum atomic E-state index is 11.9. The molecule has 0 radical (unpaired) electrons. The second-order valence-corrected chi connectivity index (χ2v) is 3.37. The van der Waals surface area contributed by atoms with E-state index in [-0.39, 0.29) is 0 Å². The number of alkyl halides is 3. The van der Waals surface area contributed by atoms with E-state index in [1.54, 1.807) is 25.3 Å². The Hall–Kier alpha value is -0.840. The number of halogens is 3. The minimum atomic E-state index is -2.46. The van der Waals surface area contributed by atoms with E-state index < -0.39 is 13.0 Å². The molecule has 0 aliphatic heterocycles. The molecule has 0 unspecified atom stereocenters. The molecule has 0 saturated heterocycles. The van der Waals surface area contributed by atoms with Crippen molar-refractivity contribution >= 4 is 15.9 Å². The Morgan fingerprint density at radius 3 is 2.67 bits per heavy atom. The van der Waals surface area contributed by atoms with Gasteiger partial charge in [0.2, 0.25) is 0 Å². The van der Waals surface area contributed by atoms with E-state index >= 15 is 0 Å². The van der Waals surface area contributed by atoms with Crippen molar-refractivity contribution in [1.29, 1.82) is 0 Å². The highest BCUT2D eigenvalue weighted by Gasteiger charge is 2.08. The Bertz CT molecular complexity index is 318. The second-order valence-electron chi connectivity index (χ2n) is 2.81. The van der Waals surface area contributed by atoms with Gasteiger partial charge in [0.05, 0.1) is 7.11 Å². The Kier molecular flexibility index (Phi) is 4.81. The highest BCUT2D eigenvalue weighted by Crippen LogP contribution is 2.26. The molecule has 0 spiro atoms. The molecule has 84 valence electrons. The van der Waals surface area contributed by atoms with Crippen LogP contribution in [0.2, 0.25) is 0 Å². The lowest BCUT2D eigenvalue weighted by atomic mass is 10.2. The van der Waals surface area contributed by atoms with Gasteiger partial charge in [-0.15, -0.1) is 0 Å². The van der Waals surface area contributed by atoms with Gasteiger partial charge in [-0.05, 0) is 18.2 Å². The molecule has 0 amide bonds. The van der Waals surface area contributed by atoms with Crippen LogP contribution in [-0.4, -0.2) is 20.1 Å². The summed E-state index contributed by atoms with van der Waals surface area (Å²) in [5.41, 5.74) is 0.787. The van der Waals surface area contributed by atoms with E-state index in [0.29, 0.717) is 16.8 Å². The van der Waals surface area contributed by atoms with Crippen molar-refractivity contribution in [2.24, 2.45) is 0 Å². The highest BCUT2D eigenvalue weighted by atomic mass is 79.9. The van der Waals surface area contributed by atoms with Gasteiger partial charge >= 0.3 is 0 Å². The summed E-state index contributed by atoms with van der Waals surface area (Å²) in [6.07, 6.45) is -2.46. The fraction of sp³-hybridized carbons (Fsp3) is 0.400. The average Bonchev–Trinajstić information content (AvgIpc) is 2.25. The Morgan fingerprint density at radius 2 is 2.13 bits per heavy atom. The molecule has 0 N–H and O–H groups in total. The summed E-state index contributed by atoms with van der Waals surface area (Å²) in [5.74, 6) is 1.13. The van der Waals surface area contributed by atoms with Crippen molar-refractivity contribution in [3.8, 4) is 11.5 Å². The number of ether oxygens (including phenoxy) is 2. The van der Waals surface area contributed by atoms with Gasteiger partial charge in [0, 0.05) is 10.9 Å². The zero-order valence-corrected chi connectivity index (χ0v) is 9.76. The molecule has 5 heteroatoms. The third-order valence-corrected chi connectivity index (χ3v) is 2.38. The summed E-state index contributed by atoms with van der Waals surface area (Å²) in [4.78, 5) is 0. The zero-order valence-electron chi connectivity index (χ0n) is 8.17. The zero-order chi connectivity index (χ0) is 11.3. The van der Waals surface area contributed by atoms with E-state index in [2.05, 4.69) is 15.9 Å². The molecule has 0 aliphatic rings. The largest absolute Gasteiger partial charge is 0.497 e. The standard InChI is InChI=1S/C10H11BrF2O2/c1-14-8-2-3-9(7(4-8)5-11)15-6-10(12)13/h2-4,10H,5-6H2,1H3. The lowest BCUT2D eigenvalue weighted by Gasteiger charge is -2.10. The fourth-order valence-electron chi connectivity index (χ4n) is 1.08. The molecular weight excluding hydrogens is 270 g/mol. The summed E-state index contributed by atoms with van der Waals surface area (Å²) in [7, 11) is 1.55. The predicted octanol–water partition coefficient (Wildman–Crippen LogP) is 3.23. The Labute approximate surface area is 95.3 Å². The van der Waals surface area contributed by atoms with Crippen molar-refractivity contribution < 1.29 is 18.3 Å². The number of benzene rings is 1. The quantitative estimate of drug-likeness (QED) is 0.771. The van der Waals surface area contributed by atoms with Gasteiger partial charge in [0.25, 0.3) is 6.43 Å². The van der Waals surface area contributed by atoms with Crippen LogP contribution >= 0.6 is 15.9 Å². The van der Waals surface area contributed by atoms with E-state index in [1.165, 1.54) is 0 Å². The molecule has 0 heterocycles. The minimum Gasteiger partial charge on any atom is -0.497 e. The molecule has 0 atom stereocenters. The van der Waals surface area contributed by atoms with Crippen molar-refractivity contribution in [3.63, 3.8) is 0 Å². The van der Waals surface area contributed by atoms with Crippen LogP contribution in [0.25, 0.3) is 0 Å². The van der Waals surface area contributed by atoms with E-state index in [4.69, 9.17) is 9.47 Å². The monoisotopic (exact) mass is 280 g/mol. The van der Waals surface area contributed by atoms with E-state index in [1.807, 2.05) is 0 Å². The first-order chi connectivity index (χ1) is 7.17. The van der Waals surface area contributed by atoms with Crippen LogP contribution in [0.5, 0.6) is 11.5 Å². The van der Waals surface area contributed by atoms with Gasteiger partial charge in [0.1, 0.15) is 18.1 Å². The van der Waals surface area contributed by atoms with Gasteiger partial charge in [-0.3, -0.25) is 0 Å². The van der Waals surface area contributed by atoms with Crippen LogP contribution in [0.15, 0.2) is 18.2 Å². The van der Waals surface area contributed by atoms with Crippen LogP contribution < -0.4 is 9.47 Å². The first kappa shape index (κ1) is 12.2. The smallest absolute Gasteiger partial charge is 0.272 e. The SMILES string of the molecule is COc1ccc(OCC(F)F)c(CBr)c1. The van der Waals surface area contributed by atoms with Gasteiger partial charge < -0.3 is 9.47 Å². The van der Waals surface area contributed by atoms with Crippen LogP contribution in [0, 0.1) is 0 Å².